The minimum Gasteiger partial charge on any atom is -0.461 e. The number of hydrogen-bond donors (Lipinski definition) is 1. The van der Waals surface area contributed by atoms with Gasteiger partial charge in [0.2, 0.25) is 0 Å². The Morgan fingerprint density at radius 2 is 1.93 bits per heavy atom. The zero-order valence-corrected chi connectivity index (χ0v) is 10.2. The van der Waals surface area contributed by atoms with Crippen LogP contribution in [0.3, 0.4) is 0 Å². The summed E-state index contributed by atoms with van der Waals surface area (Å²) < 4.78 is 10.0. The van der Waals surface area contributed by atoms with Gasteiger partial charge in [0.05, 0.1) is 12.7 Å². The summed E-state index contributed by atoms with van der Waals surface area (Å²) in [6.45, 7) is 5.52. The van der Waals surface area contributed by atoms with Crippen LogP contribution in [-0.2, 0) is 14.3 Å². The molecule has 0 aliphatic heterocycles. The number of hydrogen-bond acceptors (Lipinski definition) is 4. The molecule has 0 aromatic heterocycles. The molecule has 0 heterocycles. The van der Waals surface area contributed by atoms with Crippen molar-refractivity contribution in [3.63, 3.8) is 0 Å². The summed E-state index contributed by atoms with van der Waals surface area (Å²) in [5.41, 5.74) is 0. The normalized spacial score (nSPS) is 16.9. The molecule has 0 radical (unpaired) electrons. The highest BCUT2D eigenvalue weighted by Crippen LogP contribution is 2.03. The van der Waals surface area contributed by atoms with Crippen molar-refractivity contribution in [2.24, 2.45) is 5.92 Å². The fourth-order valence-corrected chi connectivity index (χ4v) is 0.830. The number of alkyl halides is 1. The monoisotopic (exact) mass is 238 g/mol. The van der Waals surface area contributed by atoms with Gasteiger partial charge >= 0.3 is 5.97 Å². The topological polar surface area (TPSA) is 55.8 Å². The highest BCUT2D eigenvalue weighted by molar-refractivity contribution is 6.18. The molecule has 0 aromatic carbocycles. The number of esters is 1. The highest BCUT2D eigenvalue weighted by atomic mass is 35.5. The van der Waals surface area contributed by atoms with Gasteiger partial charge in [0.25, 0.3) is 0 Å². The maximum atomic E-state index is 11.3. The Morgan fingerprint density at radius 3 is 2.40 bits per heavy atom. The first kappa shape index (κ1) is 14.7. The lowest BCUT2D eigenvalue weighted by Crippen LogP contribution is -2.28. The standard InChI is InChI=1S/C10H19ClO4/c1-7(4-11)5-14-9(3)10(13)15-6-8(2)12/h7-9,12H,4-6H2,1-3H3. The zero-order valence-electron chi connectivity index (χ0n) is 9.40. The Balaban J connectivity index is 3.69. The molecular formula is C10H19ClO4. The molecule has 5 heteroatoms. The third kappa shape index (κ3) is 7.59. The second-order valence-corrected chi connectivity index (χ2v) is 4.02. The van der Waals surface area contributed by atoms with Crippen LogP contribution in [0.1, 0.15) is 20.8 Å². The summed E-state index contributed by atoms with van der Waals surface area (Å²) in [4.78, 5) is 11.3. The van der Waals surface area contributed by atoms with E-state index in [4.69, 9.17) is 26.2 Å². The molecular weight excluding hydrogens is 220 g/mol. The fraction of sp³-hybridized carbons (Fsp3) is 0.900. The maximum absolute atomic E-state index is 11.3. The first-order valence-electron chi connectivity index (χ1n) is 4.99. The highest BCUT2D eigenvalue weighted by Gasteiger charge is 2.16. The van der Waals surface area contributed by atoms with Gasteiger partial charge in [-0.15, -0.1) is 11.6 Å². The number of rotatable bonds is 7. The zero-order chi connectivity index (χ0) is 11.8. The minimum absolute atomic E-state index is 0.00239. The van der Waals surface area contributed by atoms with Crippen molar-refractivity contribution in [3.8, 4) is 0 Å². The summed E-state index contributed by atoms with van der Waals surface area (Å²) in [6.07, 6.45) is -1.27. The van der Waals surface area contributed by atoms with E-state index in [0.29, 0.717) is 12.5 Å². The fourth-order valence-electron chi connectivity index (χ4n) is 0.741. The van der Waals surface area contributed by atoms with E-state index in [1.54, 1.807) is 13.8 Å². The lowest BCUT2D eigenvalue weighted by atomic mass is 10.2. The Labute approximate surface area is 95.5 Å². The molecule has 4 nitrogen and oxygen atoms in total. The largest absolute Gasteiger partial charge is 0.461 e. The molecule has 3 atom stereocenters. The Hall–Kier alpha value is -0.320. The molecule has 0 saturated heterocycles. The molecule has 0 aliphatic rings. The Bertz CT molecular complexity index is 184. The van der Waals surface area contributed by atoms with Crippen molar-refractivity contribution in [1.29, 1.82) is 0 Å². The van der Waals surface area contributed by atoms with E-state index in [-0.39, 0.29) is 12.5 Å². The summed E-state index contributed by atoms with van der Waals surface area (Å²) >= 11 is 5.59. The minimum atomic E-state index is -0.650. The SMILES string of the molecule is CC(O)COC(=O)C(C)OCC(C)CCl. The van der Waals surface area contributed by atoms with Crippen molar-refractivity contribution < 1.29 is 19.4 Å². The van der Waals surface area contributed by atoms with Crippen LogP contribution < -0.4 is 0 Å². The summed E-state index contributed by atoms with van der Waals surface area (Å²) in [5.74, 6) is 0.242. The van der Waals surface area contributed by atoms with Gasteiger partial charge in [0.15, 0.2) is 6.10 Å². The first-order valence-corrected chi connectivity index (χ1v) is 5.53. The van der Waals surface area contributed by atoms with Crippen LogP contribution in [0.15, 0.2) is 0 Å². The van der Waals surface area contributed by atoms with Crippen LogP contribution in [0.4, 0.5) is 0 Å². The molecule has 0 aromatic rings. The lowest BCUT2D eigenvalue weighted by molar-refractivity contribution is -0.159. The second kappa shape index (κ2) is 7.91. The van der Waals surface area contributed by atoms with Crippen LogP contribution in [0.5, 0.6) is 0 Å². The number of halogens is 1. The van der Waals surface area contributed by atoms with Gasteiger partial charge in [-0.25, -0.2) is 4.79 Å². The number of carbonyl (C=O) groups is 1. The van der Waals surface area contributed by atoms with Gasteiger partial charge in [0.1, 0.15) is 6.61 Å². The van der Waals surface area contributed by atoms with Crippen LogP contribution in [-0.4, -0.2) is 42.4 Å². The average Bonchev–Trinajstić information content (AvgIpc) is 2.21. The molecule has 15 heavy (non-hydrogen) atoms. The van der Waals surface area contributed by atoms with E-state index >= 15 is 0 Å². The number of aliphatic hydroxyl groups excluding tert-OH is 1. The molecule has 1 N–H and O–H groups in total. The average molecular weight is 239 g/mol. The Morgan fingerprint density at radius 1 is 1.33 bits per heavy atom. The molecule has 0 saturated carbocycles. The van der Waals surface area contributed by atoms with Gasteiger partial charge in [-0.1, -0.05) is 6.92 Å². The van der Waals surface area contributed by atoms with Crippen molar-refractivity contribution in [3.05, 3.63) is 0 Å². The van der Waals surface area contributed by atoms with Crippen LogP contribution in [0, 0.1) is 5.92 Å². The summed E-state index contributed by atoms with van der Waals surface area (Å²) in [6, 6.07) is 0. The lowest BCUT2D eigenvalue weighted by Gasteiger charge is -2.15. The predicted molar refractivity (Wildman–Crippen MR) is 57.9 cm³/mol. The third-order valence-corrected chi connectivity index (χ3v) is 2.22. The van der Waals surface area contributed by atoms with Gasteiger partial charge in [-0.3, -0.25) is 0 Å². The van der Waals surface area contributed by atoms with Gasteiger partial charge in [-0.05, 0) is 19.8 Å². The van der Waals surface area contributed by atoms with Crippen molar-refractivity contribution in [2.45, 2.75) is 33.0 Å². The van der Waals surface area contributed by atoms with Crippen molar-refractivity contribution in [2.75, 3.05) is 19.1 Å². The van der Waals surface area contributed by atoms with E-state index in [2.05, 4.69) is 0 Å². The van der Waals surface area contributed by atoms with Crippen LogP contribution in [0.2, 0.25) is 0 Å². The maximum Gasteiger partial charge on any atom is 0.335 e. The molecule has 0 aliphatic carbocycles. The smallest absolute Gasteiger partial charge is 0.335 e. The van der Waals surface area contributed by atoms with Crippen LogP contribution in [0.25, 0.3) is 0 Å². The number of carbonyl (C=O) groups excluding carboxylic acids is 1. The first-order chi connectivity index (χ1) is 6.97. The van der Waals surface area contributed by atoms with Gasteiger partial charge in [0, 0.05) is 5.88 Å². The molecule has 0 bridgehead atoms. The molecule has 0 fully saturated rings. The predicted octanol–water partition coefficient (Wildman–Crippen LogP) is 1.19. The van der Waals surface area contributed by atoms with Gasteiger partial charge in [-0.2, -0.15) is 0 Å². The van der Waals surface area contributed by atoms with Gasteiger partial charge < -0.3 is 14.6 Å². The number of ether oxygens (including phenoxy) is 2. The molecule has 0 spiro atoms. The van der Waals surface area contributed by atoms with E-state index in [0.717, 1.165) is 0 Å². The van der Waals surface area contributed by atoms with Crippen LogP contribution >= 0.6 is 11.6 Å². The Kier molecular flexibility index (Phi) is 7.74. The third-order valence-electron chi connectivity index (χ3n) is 1.69. The molecule has 0 rings (SSSR count). The summed E-state index contributed by atoms with van der Waals surface area (Å²) in [5, 5.41) is 8.90. The van der Waals surface area contributed by atoms with E-state index < -0.39 is 18.2 Å². The molecule has 90 valence electrons. The second-order valence-electron chi connectivity index (χ2n) is 3.71. The van der Waals surface area contributed by atoms with Crippen molar-refractivity contribution >= 4 is 17.6 Å². The quantitative estimate of drug-likeness (QED) is 0.535. The van der Waals surface area contributed by atoms with E-state index in [1.807, 2.05) is 6.92 Å². The van der Waals surface area contributed by atoms with E-state index in [9.17, 15) is 4.79 Å². The molecule has 3 unspecified atom stereocenters. The van der Waals surface area contributed by atoms with E-state index in [1.165, 1.54) is 0 Å². The molecule has 0 amide bonds. The number of aliphatic hydroxyl groups is 1. The summed E-state index contributed by atoms with van der Waals surface area (Å²) in [7, 11) is 0. The van der Waals surface area contributed by atoms with Crippen molar-refractivity contribution in [1.82, 2.24) is 0 Å².